The van der Waals surface area contributed by atoms with E-state index < -0.39 is 0 Å². The summed E-state index contributed by atoms with van der Waals surface area (Å²) in [6, 6.07) is 20.7. The maximum atomic E-state index is 13.3. The van der Waals surface area contributed by atoms with E-state index in [2.05, 4.69) is 10.6 Å². The number of rotatable bonds is 7. The van der Waals surface area contributed by atoms with Crippen LogP contribution in [0.1, 0.15) is 21.5 Å². The topological polar surface area (TPSA) is 62.6 Å². The van der Waals surface area contributed by atoms with Gasteiger partial charge in [-0.15, -0.1) is 0 Å². The second-order valence-electron chi connectivity index (χ2n) is 7.36. The van der Waals surface area contributed by atoms with Crippen molar-refractivity contribution in [1.29, 1.82) is 0 Å². The number of carbonyl (C=O) groups is 2. The van der Waals surface area contributed by atoms with Gasteiger partial charge < -0.3 is 15.5 Å². The van der Waals surface area contributed by atoms with E-state index in [-0.39, 0.29) is 24.2 Å². The smallest absolute Gasteiger partial charge is 0.279 e. The number of hydrogen-bond donors (Lipinski definition) is 3. The summed E-state index contributed by atoms with van der Waals surface area (Å²) in [5.41, 5.74) is 3.39. The zero-order valence-electron chi connectivity index (χ0n) is 17.0. The third kappa shape index (κ3) is 5.99. The Morgan fingerprint density at radius 3 is 2.47 bits per heavy atom. The minimum absolute atomic E-state index is 0.185. The SMILES string of the molecule is Cc1cccc(NC(=O)c2ccccc2NC(=O)C[NH+](C)Cc2cccc(F)c2)c1. The highest BCUT2D eigenvalue weighted by molar-refractivity contribution is 6.10. The lowest BCUT2D eigenvalue weighted by molar-refractivity contribution is -0.885. The minimum atomic E-state index is -0.294. The van der Waals surface area contributed by atoms with Crippen LogP contribution in [-0.2, 0) is 11.3 Å². The predicted molar refractivity (Wildman–Crippen MR) is 116 cm³/mol. The zero-order valence-corrected chi connectivity index (χ0v) is 17.0. The first-order valence-electron chi connectivity index (χ1n) is 9.73. The molecule has 3 rings (SSSR count). The van der Waals surface area contributed by atoms with Crippen molar-refractivity contribution in [3.63, 3.8) is 0 Å². The first-order valence-corrected chi connectivity index (χ1v) is 9.73. The van der Waals surface area contributed by atoms with E-state index in [1.807, 2.05) is 44.3 Å². The molecule has 0 saturated heterocycles. The Morgan fingerprint density at radius 2 is 1.70 bits per heavy atom. The highest BCUT2D eigenvalue weighted by atomic mass is 19.1. The average Bonchev–Trinajstić information content (AvgIpc) is 2.68. The van der Waals surface area contributed by atoms with Crippen molar-refractivity contribution in [2.24, 2.45) is 0 Å². The number of amides is 2. The summed E-state index contributed by atoms with van der Waals surface area (Å²) in [6.07, 6.45) is 0. The van der Waals surface area contributed by atoms with Gasteiger partial charge in [-0.1, -0.05) is 36.4 Å². The second-order valence-corrected chi connectivity index (χ2v) is 7.36. The van der Waals surface area contributed by atoms with E-state index in [1.165, 1.54) is 12.1 Å². The number of quaternary nitrogens is 1. The maximum Gasteiger partial charge on any atom is 0.279 e. The molecule has 6 heteroatoms. The monoisotopic (exact) mass is 406 g/mol. The number of nitrogens with one attached hydrogen (secondary N) is 3. The number of likely N-dealkylation sites (N-methyl/N-ethyl adjacent to an activating group) is 1. The molecule has 5 nitrogen and oxygen atoms in total. The Kier molecular flexibility index (Phi) is 6.93. The first-order chi connectivity index (χ1) is 14.4. The molecule has 0 radical (unpaired) electrons. The molecule has 2 amide bonds. The van der Waals surface area contributed by atoms with E-state index in [4.69, 9.17) is 0 Å². The minimum Gasteiger partial charge on any atom is -0.326 e. The van der Waals surface area contributed by atoms with E-state index in [0.717, 1.165) is 16.0 Å². The molecule has 30 heavy (non-hydrogen) atoms. The summed E-state index contributed by atoms with van der Waals surface area (Å²) in [4.78, 5) is 26.1. The molecule has 0 saturated carbocycles. The largest absolute Gasteiger partial charge is 0.326 e. The molecule has 3 aromatic rings. The maximum absolute atomic E-state index is 13.3. The Morgan fingerprint density at radius 1 is 0.933 bits per heavy atom. The van der Waals surface area contributed by atoms with Crippen LogP contribution in [-0.4, -0.2) is 25.4 Å². The Balaban J connectivity index is 1.63. The molecule has 0 bridgehead atoms. The molecule has 0 aliphatic rings. The van der Waals surface area contributed by atoms with Gasteiger partial charge in [0.2, 0.25) is 0 Å². The van der Waals surface area contributed by atoms with E-state index in [0.29, 0.717) is 23.5 Å². The van der Waals surface area contributed by atoms with Crippen LogP contribution in [0.2, 0.25) is 0 Å². The van der Waals surface area contributed by atoms with Crippen LogP contribution >= 0.6 is 0 Å². The van der Waals surface area contributed by atoms with Gasteiger partial charge in [-0.3, -0.25) is 9.59 Å². The third-order valence-corrected chi connectivity index (χ3v) is 4.58. The van der Waals surface area contributed by atoms with Gasteiger partial charge in [0.05, 0.1) is 18.3 Å². The van der Waals surface area contributed by atoms with Gasteiger partial charge in [0.1, 0.15) is 12.4 Å². The van der Waals surface area contributed by atoms with Crippen molar-refractivity contribution >= 4 is 23.2 Å². The number of halogens is 1. The van der Waals surface area contributed by atoms with Crippen LogP contribution in [0, 0.1) is 12.7 Å². The van der Waals surface area contributed by atoms with Crippen LogP contribution in [0.5, 0.6) is 0 Å². The highest BCUT2D eigenvalue weighted by Crippen LogP contribution is 2.18. The van der Waals surface area contributed by atoms with Gasteiger partial charge in [0.15, 0.2) is 6.54 Å². The van der Waals surface area contributed by atoms with Crippen molar-refractivity contribution in [3.05, 3.63) is 95.3 Å². The number of para-hydroxylation sites is 1. The zero-order chi connectivity index (χ0) is 21.5. The molecule has 0 aliphatic heterocycles. The Hall–Kier alpha value is -3.51. The fraction of sp³-hybridized carbons (Fsp3) is 0.167. The van der Waals surface area contributed by atoms with E-state index in [9.17, 15) is 14.0 Å². The van der Waals surface area contributed by atoms with E-state index in [1.54, 1.807) is 30.3 Å². The molecule has 1 unspecified atom stereocenters. The van der Waals surface area contributed by atoms with Crippen LogP contribution in [0.15, 0.2) is 72.8 Å². The van der Waals surface area contributed by atoms with Gasteiger partial charge in [0, 0.05) is 11.3 Å². The molecule has 3 aromatic carbocycles. The van der Waals surface area contributed by atoms with Crippen molar-refractivity contribution < 1.29 is 18.9 Å². The average molecular weight is 406 g/mol. The third-order valence-electron chi connectivity index (χ3n) is 4.58. The Bertz CT molecular complexity index is 1050. The summed E-state index contributed by atoms with van der Waals surface area (Å²) in [7, 11) is 1.86. The lowest BCUT2D eigenvalue weighted by Gasteiger charge is -2.15. The van der Waals surface area contributed by atoms with Gasteiger partial charge in [-0.25, -0.2) is 4.39 Å². The summed E-state index contributed by atoms with van der Waals surface area (Å²) in [6.45, 7) is 2.65. The standard InChI is InChI=1S/C24H24FN3O2/c1-17-7-5-10-20(13-17)26-24(30)21-11-3-4-12-22(21)27-23(29)16-28(2)15-18-8-6-9-19(25)14-18/h3-14H,15-16H2,1-2H3,(H,26,30)(H,27,29)/p+1. The molecule has 0 spiro atoms. The van der Waals surface area contributed by atoms with Crippen molar-refractivity contribution in [1.82, 2.24) is 0 Å². The molecule has 154 valence electrons. The number of anilines is 2. The van der Waals surface area contributed by atoms with Crippen LogP contribution in [0.25, 0.3) is 0 Å². The summed E-state index contributed by atoms with van der Waals surface area (Å²) < 4.78 is 13.3. The number of aryl methyl sites for hydroxylation is 1. The first kappa shape index (κ1) is 21.2. The highest BCUT2D eigenvalue weighted by Gasteiger charge is 2.16. The van der Waals surface area contributed by atoms with Crippen molar-refractivity contribution in [3.8, 4) is 0 Å². The molecule has 0 aromatic heterocycles. The van der Waals surface area contributed by atoms with Gasteiger partial charge in [-0.2, -0.15) is 0 Å². The Labute approximate surface area is 175 Å². The summed E-state index contributed by atoms with van der Waals surface area (Å²) in [5.74, 6) is -0.810. The van der Waals surface area contributed by atoms with Crippen LogP contribution in [0.3, 0.4) is 0 Å². The van der Waals surface area contributed by atoms with E-state index >= 15 is 0 Å². The van der Waals surface area contributed by atoms with Crippen LogP contribution < -0.4 is 15.5 Å². The van der Waals surface area contributed by atoms with Crippen LogP contribution in [0.4, 0.5) is 15.8 Å². The molecule has 1 atom stereocenters. The number of hydrogen-bond acceptors (Lipinski definition) is 2. The van der Waals surface area contributed by atoms with Gasteiger partial charge in [0.25, 0.3) is 11.8 Å². The predicted octanol–water partition coefficient (Wildman–Crippen LogP) is 3.04. The quantitative estimate of drug-likeness (QED) is 0.565. The van der Waals surface area contributed by atoms with Crippen molar-refractivity contribution in [2.75, 3.05) is 24.2 Å². The molecule has 0 aliphatic carbocycles. The van der Waals surface area contributed by atoms with Crippen molar-refractivity contribution in [2.45, 2.75) is 13.5 Å². The number of benzene rings is 3. The number of carbonyl (C=O) groups excluding carboxylic acids is 2. The molecule has 0 fully saturated rings. The van der Waals surface area contributed by atoms with Gasteiger partial charge in [-0.05, 0) is 48.9 Å². The lowest BCUT2D eigenvalue weighted by Crippen LogP contribution is -3.08. The molecular formula is C24H25FN3O2+. The molecule has 0 heterocycles. The van der Waals surface area contributed by atoms with Gasteiger partial charge >= 0.3 is 0 Å². The summed E-state index contributed by atoms with van der Waals surface area (Å²) in [5, 5.41) is 5.68. The summed E-state index contributed by atoms with van der Waals surface area (Å²) >= 11 is 0. The second kappa shape index (κ2) is 9.80. The molecule has 3 N–H and O–H groups in total. The fourth-order valence-corrected chi connectivity index (χ4v) is 3.24. The normalized spacial score (nSPS) is 11.6. The fourth-order valence-electron chi connectivity index (χ4n) is 3.24. The lowest BCUT2D eigenvalue weighted by atomic mass is 10.1. The molecular weight excluding hydrogens is 381 g/mol.